The van der Waals surface area contributed by atoms with Crippen LogP contribution in [-0.2, 0) is 4.74 Å². The van der Waals surface area contributed by atoms with Crippen molar-refractivity contribution in [3.05, 3.63) is 83.9 Å². The molecule has 0 N–H and O–H groups in total. The van der Waals surface area contributed by atoms with E-state index >= 15 is 0 Å². The van der Waals surface area contributed by atoms with E-state index in [1.54, 1.807) is 0 Å². The average Bonchev–Trinajstić information content (AvgIpc) is 2.88. The molecule has 4 aromatic carbocycles. The van der Waals surface area contributed by atoms with E-state index < -0.39 is 5.97 Å². The number of amides is 1. The number of hydrogen-bond donors (Lipinski definition) is 0. The number of unbranched alkanes of at least 4 members (excludes halogenated alkanes) is 1. The number of carbonyl (C=O) groups is 2. The molecule has 1 amide bonds. The van der Waals surface area contributed by atoms with Gasteiger partial charge in [0.2, 0.25) is 0 Å². The lowest BCUT2D eigenvalue weighted by atomic mass is 9.90. The number of benzene rings is 4. The normalized spacial score (nSPS) is 12.0. The van der Waals surface area contributed by atoms with Gasteiger partial charge < -0.3 is 9.64 Å². The van der Waals surface area contributed by atoms with E-state index in [1.165, 1.54) is 7.11 Å². The molecule has 34 heavy (non-hydrogen) atoms. The highest BCUT2D eigenvalue weighted by atomic mass is 16.5. The van der Waals surface area contributed by atoms with Gasteiger partial charge in [-0.15, -0.1) is 0 Å². The summed E-state index contributed by atoms with van der Waals surface area (Å²) in [5, 5.41) is 3.95. The predicted octanol–water partition coefficient (Wildman–Crippen LogP) is 7.10. The van der Waals surface area contributed by atoms with Crippen molar-refractivity contribution in [2.45, 2.75) is 39.2 Å². The second-order valence-electron chi connectivity index (χ2n) is 8.89. The molecule has 0 radical (unpaired) electrons. The Bertz CT molecular complexity index is 1360. The Balaban J connectivity index is 1.96. The fourth-order valence-corrected chi connectivity index (χ4v) is 4.47. The van der Waals surface area contributed by atoms with Crippen LogP contribution in [0.2, 0.25) is 0 Å². The van der Waals surface area contributed by atoms with Gasteiger partial charge in [0.1, 0.15) is 0 Å². The Morgan fingerprint density at radius 2 is 1.29 bits per heavy atom. The van der Waals surface area contributed by atoms with Crippen molar-refractivity contribution in [1.29, 1.82) is 0 Å². The summed E-state index contributed by atoms with van der Waals surface area (Å²) >= 11 is 0. The largest absolute Gasteiger partial charge is 0.465 e. The molecule has 0 aliphatic carbocycles. The van der Waals surface area contributed by atoms with Crippen LogP contribution in [0.25, 0.3) is 32.7 Å². The second kappa shape index (κ2) is 10.1. The smallest absolute Gasteiger partial charge is 0.338 e. The fourth-order valence-electron chi connectivity index (χ4n) is 4.47. The molecular weight excluding hydrogens is 422 g/mol. The minimum atomic E-state index is -0.419. The highest BCUT2D eigenvalue weighted by molar-refractivity contribution is 6.10. The van der Waals surface area contributed by atoms with Crippen molar-refractivity contribution in [1.82, 2.24) is 4.90 Å². The van der Waals surface area contributed by atoms with E-state index in [0.717, 1.165) is 46.4 Å². The molecule has 0 aromatic heterocycles. The third-order valence-electron chi connectivity index (χ3n) is 6.65. The maximum Gasteiger partial charge on any atom is 0.338 e. The highest BCUT2D eigenvalue weighted by Crippen LogP contribution is 2.35. The van der Waals surface area contributed by atoms with Crippen LogP contribution >= 0.6 is 0 Å². The first-order valence-corrected chi connectivity index (χ1v) is 11.9. The van der Waals surface area contributed by atoms with Crippen LogP contribution < -0.4 is 0 Å². The van der Waals surface area contributed by atoms with Crippen LogP contribution in [0.15, 0.2) is 72.8 Å². The molecule has 0 saturated heterocycles. The fraction of sp³-hybridized carbons (Fsp3) is 0.267. The summed E-state index contributed by atoms with van der Waals surface area (Å²) < 4.78 is 5.13. The topological polar surface area (TPSA) is 46.6 Å². The third kappa shape index (κ3) is 4.54. The molecule has 0 spiro atoms. The van der Waals surface area contributed by atoms with Crippen molar-refractivity contribution in [2.75, 3.05) is 14.2 Å². The summed E-state index contributed by atoms with van der Waals surface area (Å²) in [4.78, 5) is 28.5. The number of esters is 1. The molecule has 4 heteroatoms. The van der Waals surface area contributed by atoms with Crippen LogP contribution in [0.4, 0.5) is 0 Å². The van der Waals surface area contributed by atoms with Crippen LogP contribution in [0.3, 0.4) is 0 Å². The summed E-state index contributed by atoms with van der Waals surface area (Å²) in [6, 6.07) is 23.8. The quantitative estimate of drug-likeness (QED) is 0.280. The standard InChI is InChI=1S/C30H31NO3/c1-5-6-11-20(2)31(3)29(32)27-18-23-14-9-7-12-21(23)16-25(27)26-17-22-13-8-10-15-24(22)19-28(26)30(33)34-4/h7-10,12-20H,5-6,11H2,1-4H3/t20-/m1/s1. The van der Waals surface area contributed by atoms with Crippen LogP contribution in [0, 0.1) is 0 Å². The zero-order valence-electron chi connectivity index (χ0n) is 20.3. The molecule has 0 aliphatic heterocycles. The third-order valence-corrected chi connectivity index (χ3v) is 6.65. The molecule has 4 rings (SSSR count). The lowest BCUT2D eigenvalue weighted by molar-refractivity contribution is 0.0601. The van der Waals surface area contributed by atoms with Crippen molar-refractivity contribution in [3.8, 4) is 11.1 Å². The number of rotatable bonds is 7. The average molecular weight is 454 g/mol. The summed E-state index contributed by atoms with van der Waals surface area (Å²) in [6.45, 7) is 4.24. The number of ether oxygens (including phenoxy) is 1. The molecule has 174 valence electrons. The molecule has 0 fully saturated rings. The van der Waals surface area contributed by atoms with Gasteiger partial charge in [0.25, 0.3) is 5.91 Å². The molecule has 0 heterocycles. The first-order valence-electron chi connectivity index (χ1n) is 11.9. The molecule has 4 aromatic rings. The molecule has 0 bridgehead atoms. The first-order chi connectivity index (χ1) is 16.4. The SMILES string of the molecule is CCCC[C@@H](C)N(C)C(=O)c1cc2ccccc2cc1-c1cc2ccccc2cc1C(=O)OC. The lowest BCUT2D eigenvalue weighted by Crippen LogP contribution is -2.35. The predicted molar refractivity (Wildman–Crippen MR) is 139 cm³/mol. The Labute approximate surface area is 201 Å². The van der Waals surface area contributed by atoms with E-state index in [1.807, 2.05) is 84.7 Å². The Morgan fingerprint density at radius 3 is 1.79 bits per heavy atom. The van der Waals surface area contributed by atoms with Crippen LogP contribution in [-0.4, -0.2) is 37.0 Å². The number of methoxy groups -OCH3 is 1. The van der Waals surface area contributed by atoms with Gasteiger partial charge in [-0.05, 0) is 70.3 Å². The molecule has 1 atom stereocenters. The summed E-state index contributed by atoms with van der Waals surface area (Å²) in [5.41, 5.74) is 2.48. The van der Waals surface area contributed by atoms with E-state index in [4.69, 9.17) is 4.74 Å². The van der Waals surface area contributed by atoms with Crippen molar-refractivity contribution >= 4 is 33.4 Å². The summed E-state index contributed by atoms with van der Waals surface area (Å²) in [6.07, 6.45) is 3.11. The number of fused-ring (bicyclic) bond motifs is 2. The number of hydrogen-bond acceptors (Lipinski definition) is 3. The van der Waals surface area contributed by atoms with E-state index in [0.29, 0.717) is 16.7 Å². The number of carbonyl (C=O) groups excluding carboxylic acids is 2. The van der Waals surface area contributed by atoms with Crippen molar-refractivity contribution in [2.24, 2.45) is 0 Å². The van der Waals surface area contributed by atoms with Crippen molar-refractivity contribution < 1.29 is 14.3 Å². The minimum Gasteiger partial charge on any atom is -0.465 e. The molecule has 0 aliphatic rings. The van der Waals surface area contributed by atoms with Gasteiger partial charge in [-0.1, -0.05) is 68.3 Å². The Hall–Kier alpha value is -3.66. The van der Waals surface area contributed by atoms with Gasteiger partial charge in [-0.3, -0.25) is 4.79 Å². The zero-order chi connectivity index (χ0) is 24.2. The highest BCUT2D eigenvalue weighted by Gasteiger charge is 2.24. The molecule has 4 nitrogen and oxygen atoms in total. The lowest BCUT2D eigenvalue weighted by Gasteiger charge is -2.26. The van der Waals surface area contributed by atoms with E-state index in [-0.39, 0.29) is 11.9 Å². The second-order valence-corrected chi connectivity index (χ2v) is 8.89. The Morgan fingerprint density at radius 1 is 0.824 bits per heavy atom. The van der Waals surface area contributed by atoms with Crippen LogP contribution in [0.5, 0.6) is 0 Å². The molecule has 0 saturated carbocycles. The summed E-state index contributed by atoms with van der Waals surface area (Å²) in [7, 11) is 3.25. The van der Waals surface area contributed by atoms with Gasteiger partial charge in [0.05, 0.1) is 12.7 Å². The van der Waals surface area contributed by atoms with Gasteiger partial charge >= 0.3 is 5.97 Å². The molecular formula is C30H31NO3. The maximum absolute atomic E-state index is 13.8. The van der Waals surface area contributed by atoms with Gasteiger partial charge in [0, 0.05) is 18.7 Å². The van der Waals surface area contributed by atoms with Crippen LogP contribution in [0.1, 0.15) is 53.8 Å². The first kappa shape index (κ1) is 23.5. The van der Waals surface area contributed by atoms with Gasteiger partial charge in [-0.25, -0.2) is 4.79 Å². The minimum absolute atomic E-state index is 0.0478. The van der Waals surface area contributed by atoms with Gasteiger partial charge in [0.15, 0.2) is 0 Å². The molecule has 0 unspecified atom stereocenters. The maximum atomic E-state index is 13.8. The number of nitrogens with zero attached hydrogens (tertiary/aromatic N) is 1. The van der Waals surface area contributed by atoms with Crippen molar-refractivity contribution in [3.63, 3.8) is 0 Å². The van der Waals surface area contributed by atoms with Gasteiger partial charge in [-0.2, -0.15) is 0 Å². The monoisotopic (exact) mass is 453 g/mol. The summed E-state index contributed by atoms with van der Waals surface area (Å²) in [5.74, 6) is -0.467. The Kier molecular flexibility index (Phi) is 6.97. The van der Waals surface area contributed by atoms with E-state index in [2.05, 4.69) is 13.8 Å². The van der Waals surface area contributed by atoms with E-state index in [9.17, 15) is 9.59 Å². The zero-order valence-corrected chi connectivity index (χ0v) is 20.3.